The van der Waals surface area contributed by atoms with Gasteiger partial charge in [0.25, 0.3) is 0 Å². The van der Waals surface area contributed by atoms with Crippen LogP contribution in [0.5, 0.6) is 5.75 Å². The predicted octanol–water partition coefficient (Wildman–Crippen LogP) is 6.01. The van der Waals surface area contributed by atoms with Crippen LogP contribution >= 0.6 is 0 Å². The fraction of sp³-hybridized carbons (Fsp3) is 0.486. The molecule has 3 aliphatic heterocycles. The highest BCUT2D eigenvalue weighted by molar-refractivity contribution is 6.62. The maximum Gasteiger partial charge on any atom is 0.494 e. The van der Waals surface area contributed by atoms with E-state index < -0.39 is 30.5 Å². The van der Waals surface area contributed by atoms with Gasteiger partial charge in [-0.05, 0) is 99.0 Å². The summed E-state index contributed by atoms with van der Waals surface area (Å²) in [5.41, 5.74) is 5.22. The minimum absolute atomic E-state index is 0.0827. The number of fused-ring (bicyclic) bond motifs is 7. The van der Waals surface area contributed by atoms with Crippen LogP contribution in [0.3, 0.4) is 0 Å². The Balaban J connectivity index is 1.12. The number of nitrogens with one attached hydrogen (secondary N) is 2. The average Bonchev–Trinajstić information content (AvgIpc) is 3.66. The lowest BCUT2D eigenvalue weighted by Crippen LogP contribution is -2.54. The summed E-state index contributed by atoms with van der Waals surface area (Å²) in [6, 6.07) is 14.1. The van der Waals surface area contributed by atoms with Gasteiger partial charge >= 0.3 is 13.2 Å². The Hall–Kier alpha value is -4.09. The molecule has 4 aliphatic rings. The molecule has 4 unspecified atom stereocenters. The van der Waals surface area contributed by atoms with Crippen LogP contribution in [0.25, 0.3) is 32.9 Å². The highest BCUT2D eigenvalue weighted by Crippen LogP contribution is 2.50. The van der Waals surface area contributed by atoms with Crippen molar-refractivity contribution >= 4 is 46.4 Å². The molecule has 1 aromatic heterocycles. The number of hydrogen-bond donors (Lipinski definition) is 2. The number of H-pyrrole nitrogens is 1. The first kappa shape index (κ1) is 31.2. The smallest absolute Gasteiger partial charge is 0.488 e. The van der Waals surface area contributed by atoms with Crippen LogP contribution in [0, 0.1) is 11.8 Å². The van der Waals surface area contributed by atoms with E-state index in [1.807, 2.05) is 18.7 Å². The van der Waals surface area contributed by atoms with Crippen LogP contribution in [-0.4, -0.2) is 64.4 Å². The summed E-state index contributed by atoms with van der Waals surface area (Å²) in [4.78, 5) is 36.9. The molecule has 0 bridgehead atoms. The van der Waals surface area contributed by atoms with Gasteiger partial charge in [-0.15, -0.1) is 0 Å². The number of hydrogen-bond acceptors (Lipinski definition) is 7. The SMILES string of the molecule is COC(=O)NC(C(=O)N1C(c2nc3c(ccc4cc5c(cc43)OCc3cc(B4OC(C)(C)C(C)(C)O4)ccc3-5)[nH]2)CC2CCC21)C(C)C. The van der Waals surface area contributed by atoms with Crippen molar-refractivity contribution in [2.75, 3.05) is 7.11 Å². The number of nitrogens with zero attached hydrogens (tertiary/aromatic N) is 2. The van der Waals surface area contributed by atoms with Gasteiger partial charge in [0.15, 0.2) is 0 Å². The molecule has 1 aliphatic carbocycles. The van der Waals surface area contributed by atoms with Gasteiger partial charge in [-0.1, -0.05) is 38.1 Å². The molecule has 4 atom stereocenters. The third kappa shape index (κ3) is 4.80. The molecule has 2 amide bonds. The molecule has 3 aromatic carbocycles. The first-order chi connectivity index (χ1) is 22.8. The lowest BCUT2D eigenvalue weighted by molar-refractivity contribution is -0.139. The van der Waals surface area contributed by atoms with Crippen molar-refractivity contribution in [3.8, 4) is 16.9 Å². The number of methoxy groups -OCH3 is 1. The van der Waals surface area contributed by atoms with Crippen LogP contribution in [0.2, 0.25) is 0 Å². The summed E-state index contributed by atoms with van der Waals surface area (Å²) in [7, 11) is 0.887. The van der Waals surface area contributed by atoms with Crippen LogP contribution in [0.15, 0.2) is 42.5 Å². The van der Waals surface area contributed by atoms with E-state index in [1.54, 1.807) is 0 Å². The van der Waals surface area contributed by atoms with Crippen LogP contribution in [0.4, 0.5) is 4.79 Å². The van der Waals surface area contributed by atoms with E-state index in [0.717, 1.165) is 74.8 Å². The van der Waals surface area contributed by atoms with E-state index in [9.17, 15) is 9.59 Å². The minimum Gasteiger partial charge on any atom is -0.488 e. The first-order valence-electron chi connectivity index (χ1n) is 17.1. The van der Waals surface area contributed by atoms with Gasteiger partial charge in [-0.25, -0.2) is 9.78 Å². The van der Waals surface area contributed by atoms with E-state index in [4.69, 9.17) is 23.8 Å². The van der Waals surface area contributed by atoms with Gasteiger partial charge in [0.2, 0.25) is 5.91 Å². The lowest BCUT2D eigenvalue weighted by atomic mass is 9.77. The van der Waals surface area contributed by atoms with Gasteiger partial charge < -0.3 is 34.0 Å². The number of amides is 2. The number of likely N-dealkylation sites (tertiary alicyclic amines) is 1. The highest BCUT2D eigenvalue weighted by atomic mass is 16.7. The van der Waals surface area contributed by atoms with Gasteiger partial charge in [0, 0.05) is 17.0 Å². The summed E-state index contributed by atoms with van der Waals surface area (Å²) in [5.74, 6) is 1.85. The second kappa shape index (κ2) is 11.0. The summed E-state index contributed by atoms with van der Waals surface area (Å²) in [6.45, 7) is 12.6. The molecule has 250 valence electrons. The van der Waals surface area contributed by atoms with E-state index in [0.29, 0.717) is 12.5 Å². The molecule has 2 N–H and O–H groups in total. The van der Waals surface area contributed by atoms with E-state index in [2.05, 4.69) is 80.5 Å². The predicted molar refractivity (Wildman–Crippen MR) is 184 cm³/mol. The Kier molecular flexibility index (Phi) is 7.13. The summed E-state index contributed by atoms with van der Waals surface area (Å²) in [5, 5.41) is 4.84. The van der Waals surface area contributed by atoms with Crippen molar-refractivity contribution in [1.29, 1.82) is 0 Å². The second-order valence-corrected chi connectivity index (χ2v) is 15.2. The number of aromatic nitrogens is 2. The molecule has 10 nitrogen and oxygen atoms in total. The summed E-state index contributed by atoms with van der Waals surface area (Å²) in [6.07, 6.45) is 2.30. The molecule has 2 saturated heterocycles. The molecular formula is C37H43BN4O6. The lowest BCUT2D eigenvalue weighted by Gasteiger charge is -2.39. The average molecular weight is 651 g/mol. The summed E-state index contributed by atoms with van der Waals surface area (Å²) >= 11 is 0. The molecule has 0 spiro atoms. The second-order valence-electron chi connectivity index (χ2n) is 15.2. The van der Waals surface area contributed by atoms with Crippen molar-refractivity contribution in [3.05, 3.63) is 53.9 Å². The van der Waals surface area contributed by atoms with Crippen molar-refractivity contribution < 1.29 is 28.4 Å². The zero-order chi connectivity index (χ0) is 33.7. The molecule has 4 aromatic rings. The molecule has 3 fully saturated rings. The zero-order valence-electron chi connectivity index (χ0n) is 28.7. The Labute approximate surface area is 281 Å². The third-order valence-corrected chi connectivity index (χ3v) is 11.5. The number of rotatable bonds is 5. The Bertz CT molecular complexity index is 1950. The van der Waals surface area contributed by atoms with Crippen molar-refractivity contribution in [2.24, 2.45) is 11.8 Å². The van der Waals surface area contributed by atoms with E-state index in [1.165, 1.54) is 7.11 Å². The minimum atomic E-state index is -0.677. The van der Waals surface area contributed by atoms with Crippen molar-refractivity contribution in [1.82, 2.24) is 20.2 Å². The zero-order valence-corrected chi connectivity index (χ0v) is 28.7. The fourth-order valence-corrected chi connectivity index (χ4v) is 7.85. The third-order valence-electron chi connectivity index (χ3n) is 11.5. The van der Waals surface area contributed by atoms with Gasteiger partial charge in [0.05, 0.1) is 35.4 Å². The Morgan fingerprint density at radius 3 is 2.50 bits per heavy atom. The molecule has 4 heterocycles. The maximum absolute atomic E-state index is 14.0. The quantitative estimate of drug-likeness (QED) is 0.255. The fourth-order valence-electron chi connectivity index (χ4n) is 7.85. The number of benzene rings is 3. The number of imidazole rings is 1. The topological polar surface area (TPSA) is 115 Å². The molecule has 48 heavy (non-hydrogen) atoms. The number of aromatic amines is 1. The highest BCUT2D eigenvalue weighted by Gasteiger charge is 2.53. The van der Waals surface area contributed by atoms with E-state index >= 15 is 0 Å². The number of ether oxygens (including phenoxy) is 2. The van der Waals surface area contributed by atoms with Crippen LogP contribution in [0.1, 0.15) is 78.2 Å². The molecule has 11 heteroatoms. The Morgan fingerprint density at radius 1 is 1.04 bits per heavy atom. The van der Waals surface area contributed by atoms with E-state index in [-0.39, 0.29) is 23.9 Å². The summed E-state index contributed by atoms with van der Waals surface area (Å²) < 4.78 is 23.8. The largest absolute Gasteiger partial charge is 0.494 e. The number of alkyl carbamates (subject to hydrolysis) is 1. The number of carbonyl (C=O) groups excluding carboxylic acids is 2. The molecular weight excluding hydrogens is 607 g/mol. The van der Waals surface area contributed by atoms with Crippen LogP contribution in [-0.2, 0) is 25.4 Å². The van der Waals surface area contributed by atoms with Crippen LogP contribution < -0.4 is 15.5 Å². The van der Waals surface area contributed by atoms with Crippen molar-refractivity contribution in [2.45, 2.75) is 96.7 Å². The van der Waals surface area contributed by atoms with Gasteiger partial charge in [-0.3, -0.25) is 4.79 Å². The molecule has 1 saturated carbocycles. The Morgan fingerprint density at radius 2 is 1.81 bits per heavy atom. The first-order valence-corrected chi connectivity index (χ1v) is 17.1. The number of carbonyl (C=O) groups is 2. The molecule has 8 rings (SSSR count). The standard InChI is InChI=1S/C37H43BN4O6/c1-19(2)31(41-35(44)45-7)34(43)42-28-13-9-21(28)16-29(42)33-39-27-12-8-20-15-26-24-11-10-23(38-47-36(3,4)37(5,6)48-38)14-22(24)18-46-30(26)17-25(20)32(27)40-33/h8,10-12,14-15,17,19,21,28-29,31H,9,13,16,18H2,1-7H3,(H,39,40)(H,41,44). The van der Waals surface area contributed by atoms with Gasteiger partial charge in [0.1, 0.15) is 24.2 Å². The van der Waals surface area contributed by atoms with Gasteiger partial charge in [-0.2, -0.15) is 0 Å². The van der Waals surface area contributed by atoms with Crippen molar-refractivity contribution in [3.63, 3.8) is 0 Å². The molecule has 0 radical (unpaired) electrons. The maximum atomic E-state index is 14.0. The monoisotopic (exact) mass is 650 g/mol. The normalized spacial score (nSPS) is 24.1.